The average molecular weight is 269 g/mol. The summed E-state index contributed by atoms with van der Waals surface area (Å²) in [5.74, 6) is -0.183. The molecule has 3 heteroatoms. The minimum atomic E-state index is -0.183. The fourth-order valence-corrected chi connectivity index (χ4v) is 2.03. The second-order valence-electron chi connectivity index (χ2n) is 4.66. The molecular weight excluding hydrogens is 250 g/mol. The Kier molecular flexibility index (Phi) is 4.77. The number of nitrogens with zero attached hydrogens (tertiary/aromatic N) is 1. The summed E-state index contributed by atoms with van der Waals surface area (Å²) in [5.41, 5.74) is 3.49. The number of esters is 1. The van der Waals surface area contributed by atoms with Crippen LogP contribution < -0.4 is 4.90 Å². The van der Waals surface area contributed by atoms with E-state index in [0.717, 1.165) is 5.69 Å². The van der Waals surface area contributed by atoms with Gasteiger partial charge in [-0.1, -0.05) is 42.5 Å². The van der Waals surface area contributed by atoms with Gasteiger partial charge in [-0.2, -0.15) is 0 Å². The average Bonchev–Trinajstić information content (AvgIpc) is 2.53. The Labute approximate surface area is 119 Å². The molecule has 0 bridgehead atoms. The number of rotatable bonds is 5. The standard InChI is InChI=1S/C17H19NO2/c1-18(13-12-17(19)20-2)16-10-8-15(9-11-16)14-6-4-3-5-7-14/h3-11H,12-13H2,1-2H3. The van der Waals surface area contributed by atoms with Crippen LogP contribution in [-0.4, -0.2) is 26.7 Å². The summed E-state index contributed by atoms with van der Waals surface area (Å²) in [5, 5.41) is 0. The van der Waals surface area contributed by atoms with Gasteiger partial charge < -0.3 is 9.64 Å². The molecule has 0 spiro atoms. The summed E-state index contributed by atoms with van der Waals surface area (Å²) in [7, 11) is 3.39. The van der Waals surface area contributed by atoms with E-state index in [-0.39, 0.29) is 5.97 Å². The van der Waals surface area contributed by atoms with Crippen LogP contribution in [-0.2, 0) is 9.53 Å². The highest BCUT2D eigenvalue weighted by atomic mass is 16.5. The number of carbonyl (C=O) groups is 1. The van der Waals surface area contributed by atoms with Gasteiger partial charge in [-0.25, -0.2) is 0 Å². The van der Waals surface area contributed by atoms with Gasteiger partial charge in [0.2, 0.25) is 0 Å². The number of ether oxygens (including phenoxy) is 1. The summed E-state index contributed by atoms with van der Waals surface area (Å²) < 4.78 is 4.65. The largest absolute Gasteiger partial charge is 0.469 e. The molecule has 0 saturated carbocycles. The first-order chi connectivity index (χ1) is 9.70. The number of benzene rings is 2. The maximum absolute atomic E-state index is 11.1. The van der Waals surface area contributed by atoms with Gasteiger partial charge in [0.05, 0.1) is 13.5 Å². The molecule has 0 aromatic heterocycles. The number of anilines is 1. The van der Waals surface area contributed by atoms with Gasteiger partial charge in [0.15, 0.2) is 0 Å². The Morgan fingerprint density at radius 3 is 2.20 bits per heavy atom. The van der Waals surface area contributed by atoms with Gasteiger partial charge in [-0.15, -0.1) is 0 Å². The monoisotopic (exact) mass is 269 g/mol. The molecule has 0 amide bonds. The van der Waals surface area contributed by atoms with E-state index in [9.17, 15) is 4.79 Å². The Balaban J connectivity index is 2.03. The van der Waals surface area contributed by atoms with Crippen molar-refractivity contribution in [2.45, 2.75) is 6.42 Å². The van der Waals surface area contributed by atoms with Crippen molar-refractivity contribution in [2.24, 2.45) is 0 Å². The molecule has 0 radical (unpaired) electrons. The third kappa shape index (κ3) is 3.60. The molecule has 2 aromatic carbocycles. The van der Waals surface area contributed by atoms with Crippen LogP contribution in [0.1, 0.15) is 6.42 Å². The quantitative estimate of drug-likeness (QED) is 0.780. The van der Waals surface area contributed by atoms with Gasteiger partial charge in [-0.05, 0) is 23.3 Å². The fourth-order valence-electron chi connectivity index (χ4n) is 2.03. The molecule has 3 nitrogen and oxygen atoms in total. The van der Waals surface area contributed by atoms with Crippen LogP contribution in [0.4, 0.5) is 5.69 Å². The number of hydrogen-bond donors (Lipinski definition) is 0. The van der Waals surface area contributed by atoms with Crippen molar-refractivity contribution in [3.8, 4) is 11.1 Å². The van der Waals surface area contributed by atoms with Crippen LogP contribution >= 0.6 is 0 Å². The molecule has 0 aliphatic carbocycles. The minimum absolute atomic E-state index is 0.183. The van der Waals surface area contributed by atoms with E-state index >= 15 is 0 Å². The van der Waals surface area contributed by atoms with Gasteiger partial charge in [-0.3, -0.25) is 4.79 Å². The van der Waals surface area contributed by atoms with Crippen molar-refractivity contribution in [3.63, 3.8) is 0 Å². The van der Waals surface area contributed by atoms with E-state index < -0.39 is 0 Å². The number of carbonyl (C=O) groups excluding carboxylic acids is 1. The third-order valence-electron chi connectivity index (χ3n) is 3.29. The first-order valence-electron chi connectivity index (χ1n) is 6.64. The van der Waals surface area contributed by atoms with Crippen LogP contribution in [0.2, 0.25) is 0 Å². The summed E-state index contributed by atoms with van der Waals surface area (Å²) in [4.78, 5) is 13.2. The first-order valence-corrected chi connectivity index (χ1v) is 6.64. The molecule has 20 heavy (non-hydrogen) atoms. The molecule has 0 saturated heterocycles. The molecule has 0 fully saturated rings. The second-order valence-corrected chi connectivity index (χ2v) is 4.66. The molecule has 0 aliphatic heterocycles. The van der Waals surface area contributed by atoms with Crippen molar-refractivity contribution in [2.75, 3.05) is 25.6 Å². The van der Waals surface area contributed by atoms with E-state index in [2.05, 4.69) is 41.1 Å². The molecule has 2 rings (SSSR count). The highest BCUT2D eigenvalue weighted by Gasteiger charge is 2.05. The van der Waals surface area contributed by atoms with Gasteiger partial charge in [0, 0.05) is 19.3 Å². The molecule has 2 aromatic rings. The number of methoxy groups -OCH3 is 1. The lowest BCUT2D eigenvalue weighted by Gasteiger charge is -2.19. The maximum Gasteiger partial charge on any atom is 0.307 e. The zero-order chi connectivity index (χ0) is 14.4. The van der Waals surface area contributed by atoms with Crippen molar-refractivity contribution < 1.29 is 9.53 Å². The topological polar surface area (TPSA) is 29.5 Å². The van der Waals surface area contributed by atoms with Crippen LogP contribution in [0.15, 0.2) is 54.6 Å². The molecule has 0 aliphatic rings. The Hall–Kier alpha value is -2.29. The van der Waals surface area contributed by atoms with Gasteiger partial charge in [0.25, 0.3) is 0 Å². The van der Waals surface area contributed by atoms with Crippen LogP contribution in [0, 0.1) is 0 Å². The summed E-state index contributed by atoms with van der Waals surface area (Å²) in [6.07, 6.45) is 0.396. The van der Waals surface area contributed by atoms with Crippen molar-refractivity contribution in [1.82, 2.24) is 0 Å². The Morgan fingerprint density at radius 2 is 1.60 bits per heavy atom. The summed E-state index contributed by atoms with van der Waals surface area (Å²) in [6.45, 7) is 0.650. The van der Waals surface area contributed by atoms with E-state index in [1.807, 2.05) is 30.1 Å². The lowest BCUT2D eigenvalue weighted by Crippen LogP contribution is -2.21. The van der Waals surface area contributed by atoms with Crippen LogP contribution in [0.5, 0.6) is 0 Å². The lowest BCUT2D eigenvalue weighted by molar-refractivity contribution is -0.140. The van der Waals surface area contributed by atoms with E-state index in [1.165, 1.54) is 18.2 Å². The lowest BCUT2D eigenvalue weighted by atomic mass is 10.1. The smallest absolute Gasteiger partial charge is 0.307 e. The predicted octanol–water partition coefficient (Wildman–Crippen LogP) is 3.35. The highest BCUT2D eigenvalue weighted by molar-refractivity contribution is 5.70. The zero-order valence-corrected chi connectivity index (χ0v) is 11.9. The van der Waals surface area contributed by atoms with Gasteiger partial charge >= 0.3 is 5.97 Å². The minimum Gasteiger partial charge on any atom is -0.469 e. The molecular formula is C17H19NO2. The normalized spacial score (nSPS) is 10.1. The van der Waals surface area contributed by atoms with E-state index in [0.29, 0.717) is 13.0 Å². The zero-order valence-electron chi connectivity index (χ0n) is 11.9. The van der Waals surface area contributed by atoms with Crippen molar-refractivity contribution >= 4 is 11.7 Å². The van der Waals surface area contributed by atoms with Crippen molar-refractivity contribution in [3.05, 3.63) is 54.6 Å². The molecule has 0 heterocycles. The van der Waals surface area contributed by atoms with Crippen LogP contribution in [0.3, 0.4) is 0 Å². The maximum atomic E-state index is 11.1. The Bertz CT molecular complexity index is 549. The van der Waals surface area contributed by atoms with E-state index in [4.69, 9.17) is 0 Å². The van der Waals surface area contributed by atoms with Crippen molar-refractivity contribution in [1.29, 1.82) is 0 Å². The van der Waals surface area contributed by atoms with Crippen LogP contribution in [0.25, 0.3) is 11.1 Å². The highest BCUT2D eigenvalue weighted by Crippen LogP contribution is 2.22. The molecule has 0 unspecified atom stereocenters. The predicted molar refractivity (Wildman–Crippen MR) is 81.8 cm³/mol. The molecule has 0 N–H and O–H groups in total. The SMILES string of the molecule is COC(=O)CCN(C)c1ccc(-c2ccccc2)cc1. The summed E-state index contributed by atoms with van der Waals surface area (Å²) >= 11 is 0. The van der Waals surface area contributed by atoms with E-state index in [1.54, 1.807) is 0 Å². The fraction of sp³-hybridized carbons (Fsp3) is 0.235. The Morgan fingerprint density at radius 1 is 1.00 bits per heavy atom. The number of hydrogen-bond acceptors (Lipinski definition) is 3. The molecule has 104 valence electrons. The second kappa shape index (κ2) is 6.75. The third-order valence-corrected chi connectivity index (χ3v) is 3.29. The van der Waals surface area contributed by atoms with Gasteiger partial charge in [0.1, 0.15) is 0 Å². The first kappa shape index (κ1) is 14.1. The summed E-state index contributed by atoms with van der Waals surface area (Å²) in [6, 6.07) is 18.6. The molecule has 0 atom stereocenters.